The van der Waals surface area contributed by atoms with Gasteiger partial charge in [-0.1, -0.05) is 26.3 Å². The van der Waals surface area contributed by atoms with Crippen LogP contribution < -0.4 is 0 Å². The summed E-state index contributed by atoms with van der Waals surface area (Å²) in [5.41, 5.74) is 0. The van der Waals surface area contributed by atoms with E-state index < -0.39 is 0 Å². The van der Waals surface area contributed by atoms with Crippen molar-refractivity contribution in [2.24, 2.45) is 0 Å². The molecule has 1 amide bonds. The fourth-order valence-electron chi connectivity index (χ4n) is 0.865. The first kappa shape index (κ1) is 10.2. The number of hydrogen-bond donors (Lipinski definition) is 0. The van der Waals surface area contributed by atoms with Gasteiger partial charge in [0.25, 0.3) is 0 Å². The normalized spacial score (nSPS) is 9.27. The first-order chi connectivity index (χ1) is 5.22. The molecule has 64 valence electrons. The van der Waals surface area contributed by atoms with Gasteiger partial charge in [0.2, 0.25) is 5.91 Å². The summed E-state index contributed by atoms with van der Waals surface area (Å²) in [6.45, 7) is 6.41. The standard InChI is InChI=1S/C9H17NO/c1-4-6-7-8-10(3)9(11)5-2/h5H,2,4,6-8H2,1,3H3. The van der Waals surface area contributed by atoms with Crippen molar-refractivity contribution in [3.05, 3.63) is 12.7 Å². The van der Waals surface area contributed by atoms with Crippen molar-refractivity contribution in [3.63, 3.8) is 0 Å². The average Bonchev–Trinajstić information content (AvgIpc) is 2.03. The van der Waals surface area contributed by atoms with Crippen LogP contribution in [-0.2, 0) is 4.79 Å². The van der Waals surface area contributed by atoms with E-state index in [1.807, 2.05) is 0 Å². The number of likely N-dealkylation sites (N-methyl/N-ethyl adjacent to an activating group) is 1. The fraction of sp³-hybridized carbons (Fsp3) is 0.667. The third-order valence-electron chi connectivity index (χ3n) is 1.65. The van der Waals surface area contributed by atoms with Crippen molar-refractivity contribution in [3.8, 4) is 0 Å². The lowest BCUT2D eigenvalue weighted by Crippen LogP contribution is -2.25. The van der Waals surface area contributed by atoms with E-state index in [0.29, 0.717) is 0 Å². The minimum absolute atomic E-state index is 0.0149. The summed E-state index contributed by atoms with van der Waals surface area (Å²) >= 11 is 0. The quantitative estimate of drug-likeness (QED) is 0.438. The molecule has 0 aromatic rings. The molecule has 0 heterocycles. The maximum atomic E-state index is 10.9. The van der Waals surface area contributed by atoms with E-state index in [-0.39, 0.29) is 5.91 Å². The molecule has 0 saturated carbocycles. The lowest BCUT2D eigenvalue weighted by Gasteiger charge is -2.13. The lowest BCUT2D eigenvalue weighted by molar-refractivity contribution is -0.124. The van der Waals surface area contributed by atoms with Crippen LogP contribution in [0.3, 0.4) is 0 Å². The molecule has 0 aliphatic heterocycles. The second kappa shape index (κ2) is 5.96. The molecule has 0 N–H and O–H groups in total. The van der Waals surface area contributed by atoms with Gasteiger partial charge < -0.3 is 4.90 Å². The van der Waals surface area contributed by atoms with Gasteiger partial charge >= 0.3 is 0 Å². The molecule has 0 spiro atoms. The summed E-state index contributed by atoms with van der Waals surface area (Å²) < 4.78 is 0. The Labute approximate surface area is 68.9 Å². The second-order valence-electron chi connectivity index (χ2n) is 2.67. The van der Waals surface area contributed by atoms with Gasteiger partial charge in [0.1, 0.15) is 0 Å². The SMILES string of the molecule is C=CC(=O)N(C)CCCCC. The number of unbranched alkanes of at least 4 members (excludes halogenated alkanes) is 2. The highest BCUT2D eigenvalue weighted by Gasteiger charge is 2.01. The Hall–Kier alpha value is -0.790. The molecular weight excluding hydrogens is 138 g/mol. The molecule has 0 aliphatic rings. The van der Waals surface area contributed by atoms with E-state index in [1.165, 1.54) is 18.9 Å². The number of amides is 1. The molecule has 0 saturated heterocycles. The van der Waals surface area contributed by atoms with Crippen LogP contribution >= 0.6 is 0 Å². The molecule has 0 aliphatic carbocycles. The van der Waals surface area contributed by atoms with Gasteiger partial charge in [-0.25, -0.2) is 0 Å². The van der Waals surface area contributed by atoms with Crippen molar-refractivity contribution in [2.45, 2.75) is 26.2 Å². The van der Waals surface area contributed by atoms with Crippen LogP contribution in [0.25, 0.3) is 0 Å². The molecule has 0 bridgehead atoms. The molecule has 0 unspecified atom stereocenters. The van der Waals surface area contributed by atoms with E-state index in [1.54, 1.807) is 11.9 Å². The molecule has 2 heteroatoms. The summed E-state index contributed by atoms with van der Waals surface area (Å²) in [6, 6.07) is 0. The van der Waals surface area contributed by atoms with Crippen molar-refractivity contribution in [1.82, 2.24) is 4.90 Å². The van der Waals surface area contributed by atoms with Gasteiger partial charge in [-0.05, 0) is 12.5 Å². The minimum atomic E-state index is 0.0149. The van der Waals surface area contributed by atoms with Gasteiger partial charge in [-0.15, -0.1) is 0 Å². The van der Waals surface area contributed by atoms with Crippen molar-refractivity contribution < 1.29 is 4.79 Å². The molecule has 11 heavy (non-hydrogen) atoms. The van der Waals surface area contributed by atoms with E-state index >= 15 is 0 Å². The molecule has 0 atom stereocenters. The van der Waals surface area contributed by atoms with Gasteiger partial charge in [-0.2, -0.15) is 0 Å². The number of nitrogens with zero attached hydrogens (tertiary/aromatic N) is 1. The Balaban J connectivity index is 3.43. The van der Waals surface area contributed by atoms with Gasteiger partial charge in [0.05, 0.1) is 0 Å². The van der Waals surface area contributed by atoms with Crippen LogP contribution in [0.15, 0.2) is 12.7 Å². The Kier molecular flexibility index (Phi) is 5.53. The Bertz CT molecular complexity index is 132. The zero-order chi connectivity index (χ0) is 8.69. The number of rotatable bonds is 5. The van der Waals surface area contributed by atoms with Crippen molar-refractivity contribution in [2.75, 3.05) is 13.6 Å². The Morgan fingerprint density at radius 1 is 1.55 bits per heavy atom. The van der Waals surface area contributed by atoms with Crippen LogP contribution in [0.2, 0.25) is 0 Å². The van der Waals surface area contributed by atoms with Gasteiger partial charge in [0, 0.05) is 13.6 Å². The minimum Gasteiger partial charge on any atom is -0.342 e. The Morgan fingerprint density at radius 2 is 2.18 bits per heavy atom. The van der Waals surface area contributed by atoms with Crippen molar-refractivity contribution >= 4 is 5.91 Å². The maximum absolute atomic E-state index is 10.9. The first-order valence-corrected chi connectivity index (χ1v) is 4.10. The highest BCUT2D eigenvalue weighted by Crippen LogP contribution is 1.96. The van der Waals surface area contributed by atoms with Crippen LogP contribution in [0.1, 0.15) is 26.2 Å². The summed E-state index contributed by atoms with van der Waals surface area (Å²) in [7, 11) is 1.81. The number of hydrogen-bond acceptors (Lipinski definition) is 1. The van der Waals surface area contributed by atoms with Crippen LogP contribution in [0.4, 0.5) is 0 Å². The number of carbonyl (C=O) groups excluding carboxylic acids is 1. The molecule has 0 aromatic carbocycles. The predicted molar refractivity (Wildman–Crippen MR) is 47.4 cm³/mol. The summed E-state index contributed by atoms with van der Waals surface area (Å²) in [5.74, 6) is 0.0149. The Morgan fingerprint density at radius 3 is 2.64 bits per heavy atom. The monoisotopic (exact) mass is 155 g/mol. The topological polar surface area (TPSA) is 20.3 Å². The molecule has 0 aromatic heterocycles. The molecule has 0 rings (SSSR count). The second-order valence-corrected chi connectivity index (χ2v) is 2.67. The summed E-state index contributed by atoms with van der Waals surface area (Å²) in [6.07, 6.45) is 4.82. The van der Waals surface area contributed by atoms with E-state index in [4.69, 9.17) is 0 Å². The zero-order valence-electron chi connectivity index (χ0n) is 7.47. The van der Waals surface area contributed by atoms with E-state index in [0.717, 1.165) is 13.0 Å². The van der Waals surface area contributed by atoms with Crippen LogP contribution in [0, 0.1) is 0 Å². The van der Waals surface area contributed by atoms with Crippen LogP contribution in [0.5, 0.6) is 0 Å². The summed E-state index contributed by atoms with van der Waals surface area (Å²) in [4.78, 5) is 12.6. The third kappa shape index (κ3) is 4.59. The fourth-order valence-corrected chi connectivity index (χ4v) is 0.865. The van der Waals surface area contributed by atoms with E-state index in [2.05, 4.69) is 13.5 Å². The summed E-state index contributed by atoms with van der Waals surface area (Å²) in [5, 5.41) is 0. The molecular formula is C9H17NO. The molecule has 2 nitrogen and oxygen atoms in total. The van der Waals surface area contributed by atoms with E-state index in [9.17, 15) is 4.79 Å². The third-order valence-corrected chi connectivity index (χ3v) is 1.65. The predicted octanol–water partition coefficient (Wildman–Crippen LogP) is 1.82. The molecule has 0 radical (unpaired) electrons. The molecule has 0 fully saturated rings. The smallest absolute Gasteiger partial charge is 0.245 e. The number of carbonyl (C=O) groups is 1. The van der Waals surface area contributed by atoms with Crippen LogP contribution in [-0.4, -0.2) is 24.4 Å². The maximum Gasteiger partial charge on any atom is 0.245 e. The first-order valence-electron chi connectivity index (χ1n) is 4.10. The van der Waals surface area contributed by atoms with Gasteiger partial charge in [-0.3, -0.25) is 4.79 Å². The van der Waals surface area contributed by atoms with Gasteiger partial charge in [0.15, 0.2) is 0 Å². The highest BCUT2D eigenvalue weighted by molar-refractivity contribution is 5.86. The zero-order valence-corrected chi connectivity index (χ0v) is 7.47. The average molecular weight is 155 g/mol. The highest BCUT2D eigenvalue weighted by atomic mass is 16.2. The largest absolute Gasteiger partial charge is 0.342 e. The lowest BCUT2D eigenvalue weighted by atomic mass is 10.2. The van der Waals surface area contributed by atoms with Crippen molar-refractivity contribution in [1.29, 1.82) is 0 Å².